The van der Waals surface area contributed by atoms with E-state index >= 15 is 0 Å². The number of carbonyl (C=O) groups is 1. The van der Waals surface area contributed by atoms with Crippen LogP contribution in [0.15, 0.2) is 53.4 Å². The minimum atomic E-state index is -3.62. The number of methoxy groups -OCH3 is 2. The first kappa shape index (κ1) is 21.9. The lowest BCUT2D eigenvalue weighted by Crippen LogP contribution is -2.47. The molecule has 0 aliphatic carbocycles. The van der Waals surface area contributed by atoms with Crippen LogP contribution in [0.25, 0.3) is 0 Å². The number of carbonyl (C=O) groups excluding carboxylic acids is 1. The van der Waals surface area contributed by atoms with E-state index in [2.05, 4.69) is 4.72 Å². The number of para-hydroxylation sites is 2. The second-order valence-corrected chi connectivity index (χ2v) is 8.61. The summed E-state index contributed by atoms with van der Waals surface area (Å²) in [6.45, 7) is 0.830. The molecule has 1 fully saturated rings. The van der Waals surface area contributed by atoms with Crippen molar-refractivity contribution in [3.05, 3.63) is 48.5 Å². The topological polar surface area (TPSA) is 94.2 Å². The van der Waals surface area contributed by atoms with Crippen molar-refractivity contribution in [2.45, 2.75) is 23.8 Å². The van der Waals surface area contributed by atoms with E-state index in [1.54, 1.807) is 36.3 Å². The first-order chi connectivity index (χ1) is 14.4. The van der Waals surface area contributed by atoms with Crippen molar-refractivity contribution in [1.29, 1.82) is 0 Å². The SMILES string of the molecule is COc1ccc(S(=O)(=O)NC2CCN(C(=O)COc3ccccc3OC)CC2)cc1. The molecule has 3 rings (SSSR count). The maximum atomic E-state index is 12.6. The van der Waals surface area contributed by atoms with E-state index in [0.717, 1.165) is 0 Å². The molecular formula is C21H26N2O6S. The highest BCUT2D eigenvalue weighted by atomic mass is 32.2. The van der Waals surface area contributed by atoms with Crippen LogP contribution >= 0.6 is 0 Å². The highest BCUT2D eigenvalue weighted by Gasteiger charge is 2.27. The van der Waals surface area contributed by atoms with Gasteiger partial charge in [0.1, 0.15) is 5.75 Å². The van der Waals surface area contributed by atoms with Gasteiger partial charge in [-0.15, -0.1) is 0 Å². The van der Waals surface area contributed by atoms with Crippen LogP contribution in [0, 0.1) is 0 Å². The summed E-state index contributed by atoms with van der Waals surface area (Å²) < 4.78 is 43.7. The fraction of sp³-hybridized carbons (Fsp3) is 0.381. The van der Waals surface area contributed by atoms with Crippen molar-refractivity contribution < 1.29 is 27.4 Å². The fourth-order valence-corrected chi connectivity index (χ4v) is 4.56. The van der Waals surface area contributed by atoms with Crippen LogP contribution in [0.2, 0.25) is 0 Å². The summed E-state index contributed by atoms with van der Waals surface area (Å²) in [5, 5.41) is 0. The van der Waals surface area contributed by atoms with Crippen molar-refractivity contribution in [3.63, 3.8) is 0 Å². The molecule has 0 aromatic heterocycles. The molecule has 2 aromatic carbocycles. The van der Waals surface area contributed by atoms with Crippen LogP contribution in [0.4, 0.5) is 0 Å². The zero-order valence-corrected chi connectivity index (χ0v) is 17.9. The molecule has 30 heavy (non-hydrogen) atoms. The molecule has 2 aromatic rings. The molecule has 0 atom stereocenters. The lowest BCUT2D eigenvalue weighted by molar-refractivity contribution is -0.134. The van der Waals surface area contributed by atoms with Crippen LogP contribution in [0.5, 0.6) is 17.2 Å². The van der Waals surface area contributed by atoms with Gasteiger partial charge in [-0.1, -0.05) is 12.1 Å². The van der Waals surface area contributed by atoms with E-state index in [0.29, 0.717) is 43.2 Å². The normalized spacial score (nSPS) is 14.9. The first-order valence-corrected chi connectivity index (χ1v) is 11.1. The van der Waals surface area contributed by atoms with Crippen LogP contribution < -0.4 is 18.9 Å². The van der Waals surface area contributed by atoms with Gasteiger partial charge in [0.25, 0.3) is 5.91 Å². The van der Waals surface area contributed by atoms with Gasteiger partial charge in [0.15, 0.2) is 18.1 Å². The Morgan fingerprint density at radius 2 is 1.63 bits per heavy atom. The van der Waals surface area contributed by atoms with Gasteiger partial charge in [-0.2, -0.15) is 0 Å². The molecule has 0 bridgehead atoms. The summed E-state index contributed by atoms with van der Waals surface area (Å²) >= 11 is 0. The van der Waals surface area contributed by atoms with Gasteiger partial charge in [-0.3, -0.25) is 4.79 Å². The number of benzene rings is 2. The quantitative estimate of drug-likeness (QED) is 0.684. The molecule has 1 N–H and O–H groups in total. The van der Waals surface area contributed by atoms with E-state index in [-0.39, 0.29) is 23.5 Å². The number of nitrogens with one attached hydrogen (secondary N) is 1. The maximum Gasteiger partial charge on any atom is 0.260 e. The monoisotopic (exact) mass is 434 g/mol. The van der Waals surface area contributed by atoms with Gasteiger partial charge in [0, 0.05) is 19.1 Å². The van der Waals surface area contributed by atoms with Gasteiger partial charge in [0.2, 0.25) is 10.0 Å². The van der Waals surface area contributed by atoms with Gasteiger partial charge >= 0.3 is 0 Å². The third kappa shape index (κ3) is 5.43. The van der Waals surface area contributed by atoms with Gasteiger partial charge in [-0.05, 0) is 49.2 Å². The second kappa shape index (κ2) is 9.82. The number of sulfonamides is 1. The molecule has 0 radical (unpaired) electrons. The Morgan fingerprint density at radius 3 is 2.23 bits per heavy atom. The summed E-state index contributed by atoms with van der Waals surface area (Å²) in [5.74, 6) is 1.53. The zero-order chi connectivity index (χ0) is 21.6. The lowest BCUT2D eigenvalue weighted by atomic mass is 10.1. The Balaban J connectivity index is 1.49. The van der Waals surface area contributed by atoms with E-state index in [1.165, 1.54) is 19.2 Å². The first-order valence-electron chi connectivity index (χ1n) is 9.63. The third-order valence-electron chi connectivity index (χ3n) is 4.96. The molecular weight excluding hydrogens is 408 g/mol. The van der Waals surface area contributed by atoms with Crippen LogP contribution in [0.3, 0.4) is 0 Å². The summed E-state index contributed by atoms with van der Waals surface area (Å²) in [5.41, 5.74) is 0. The van der Waals surface area contributed by atoms with Crippen LogP contribution in [-0.2, 0) is 14.8 Å². The number of rotatable bonds is 8. The number of likely N-dealkylation sites (tertiary alicyclic amines) is 1. The van der Waals surface area contributed by atoms with Crippen molar-refractivity contribution in [2.75, 3.05) is 33.9 Å². The molecule has 1 saturated heterocycles. The Labute approximate surface area is 176 Å². The standard InChI is InChI=1S/C21H26N2O6S/c1-27-17-7-9-18(10-8-17)30(25,26)22-16-11-13-23(14-12-16)21(24)15-29-20-6-4-3-5-19(20)28-2/h3-10,16,22H,11-15H2,1-2H3. The number of hydrogen-bond donors (Lipinski definition) is 1. The van der Waals surface area contributed by atoms with Crippen molar-refractivity contribution in [2.24, 2.45) is 0 Å². The highest BCUT2D eigenvalue weighted by molar-refractivity contribution is 7.89. The molecule has 0 unspecified atom stereocenters. The predicted octanol–water partition coefficient (Wildman–Crippen LogP) is 2.05. The molecule has 1 amide bonds. The average molecular weight is 435 g/mol. The lowest BCUT2D eigenvalue weighted by Gasteiger charge is -2.32. The molecule has 9 heteroatoms. The number of amides is 1. The van der Waals surface area contributed by atoms with Crippen molar-refractivity contribution >= 4 is 15.9 Å². The summed E-state index contributed by atoms with van der Waals surface area (Å²) in [7, 11) is -0.555. The largest absolute Gasteiger partial charge is 0.497 e. The fourth-order valence-electron chi connectivity index (χ4n) is 3.26. The number of hydrogen-bond acceptors (Lipinski definition) is 6. The Hall–Kier alpha value is -2.78. The summed E-state index contributed by atoms with van der Waals surface area (Å²) in [6.07, 6.45) is 1.07. The predicted molar refractivity (Wildman–Crippen MR) is 111 cm³/mol. The van der Waals surface area contributed by atoms with E-state index in [1.807, 2.05) is 12.1 Å². The Bertz CT molecular complexity index is 954. The number of ether oxygens (including phenoxy) is 3. The highest BCUT2D eigenvalue weighted by Crippen LogP contribution is 2.26. The smallest absolute Gasteiger partial charge is 0.260 e. The average Bonchev–Trinajstić information content (AvgIpc) is 2.78. The summed E-state index contributed by atoms with van der Waals surface area (Å²) in [4.78, 5) is 14.3. The second-order valence-electron chi connectivity index (χ2n) is 6.89. The third-order valence-corrected chi connectivity index (χ3v) is 6.50. The Kier molecular flexibility index (Phi) is 7.17. The van der Waals surface area contributed by atoms with Gasteiger partial charge < -0.3 is 19.1 Å². The molecule has 162 valence electrons. The molecule has 0 spiro atoms. The zero-order valence-electron chi connectivity index (χ0n) is 17.0. The minimum absolute atomic E-state index is 0.0946. The van der Waals surface area contributed by atoms with Crippen LogP contribution in [-0.4, -0.2) is 59.2 Å². The number of nitrogens with zero attached hydrogens (tertiary/aromatic N) is 1. The number of piperidine rings is 1. The summed E-state index contributed by atoms with van der Waals surface area (Å²) in [6, 6.07) is 13.1. The van der Waals surface area contributed by atoms with Gasteiger partial charge in [-0.25, -0.2) is 13.1 Å². The molecule has 1 heterocycles. The minimum Gasteiger partial charge on any atom is -0.497 e. The van der Waals surface area contributed by atoms with E-state index < -0.39 is 10.0 Å². The van der Waals surface area contributed by atoms with Gasteiger partial charge in [0.05, 0.1) is 19.1 Å². The van der Waals surface area contributed by atoms with Crippen LogP contribution in [0.1, 0.15) is 12.8 Å². The molecule has 0 saturated carbocycles. The van der Waals surface area contributed by atoms with E-state index in [9.17, 15) is 13.2 Å². The van der Waals surface area contributed by atoms with Crippen molar-refractivity contribution in [1.82, 2.24) is 9.62 Å². The maximum absolute atomic E-state index is 12.6. The molecule has 1 aliphatic rings. The molecule has 8 nitrogen and oxygen atoms in total. The Morgan fingerprint density at radius 1 is 1.00 bits per heavy atom. The van der Waals surface area contributed by atoms with E-state index in [4.69, 9.17) is 14.2 Å². The molecule has 1 aliphatic heterocycles. The van der Waals surface area contributed by atoms with Crippen molar-refractivity contribution in [3.8, 4) is 17.2 Å².